The van der Waals surface area contributed by atoms with Crippen LogP contribution >= 0.6 is 11.6 Å². The molecule has 2 aromatic rings. The van der Waals surface area contributed by atoms with Gasteiger partial charge in [-0.3, -0.25) is 4.79 Å². The van der Waals surface area contributed by atoms with Gasteiger partial charge in [0.2, 0.25) is 10.0 Å². The van der Waals surface area contributed by atoms with Crippen molar-refractivity contribution < 1.29 is 17.9 Å². The molecule has 1 amide bonds. The number of carbonyl (C=O) groups excluding carboxylic acids is 1. The van der Waals surface area contributed by atoms with Gasteiger partial charge in [-0.15, -0.1) is 0 Å². The first-order valence-corrected chi connectivity index (χ1v) is 10.8. The zero-order valence-electron chi connectivity index (χ0n) is 16.0. The largest absolute Gasteiger partial charge is 0.496 e. The summed E-state index contributed by atoms with van der Waals surface area (Å²) >= 11 is 6.08. The predicted molar refractivity (Wildman–Crippen MR) is 108 cm³/mol. The summed E-state index contributed by atoms with van der Waals surface area (Å²) in [5.41, 5.74) is 2.11. The van der Waals surface area contributed by atoms with Gasteiger partial charge in [0.05, 0.1) is 18.2 Å². The van der Waals surface area contributed by atoms with E-state index in [-0.39, 0.29) is 27.6 Å². The zero-order chi connectivity index (χ0) is 20.5. The first kappa shape index (κ1) is 20.6. The van der Waals surface area contributed by atoms with Crippen molar-refractivity contribution in [2.75, 3.05) is 7.11 Å². The number of methoxy groups -OCH3 is 1. The molecule has 28 heavy (non-hydrogen) atoms. The van der Waals surface area contributed by atoms with E-state index < -0.39 is 15.9 Å². The van der Waals surface area contributed by atoms with Crippen molar-refractivity contribution in [2.45, 2.75) is 43.7 Å². The number of nitrogens with one attached hydrogen (secondary N) is 2. The highest BCUT2D eigenvalue weighted by Gasteiger charge is 2.29. The van der Waals surface area contributed by atoms with Crippen LogP contribution in [0.25, 0.3) is 0 Å². The van der Waals surface area contributed by atoms with Gasteiger partial charge in [-0.2, -0.15) is 0 Å². The Bertz CT molecular complexity index is 1000. The number of benzene rings is 2. The number of rotatable bonds is 7. The van der Waals surface area contributed by atoms with Gasteiger partial charge >= 0.3 is 0 Å². The Hall–Kier alpha value is -2.09. The third kappa shape index (κ3) is 4.66. The van der Waals surface area contributed by atoms with Crippen molar-refractivity contribution in [3.05, 3.63) is 58.1 Å². The fourth-order valence-electron chi connectivity index (χ4n) is 2.88. The summed E-state index contributed by atoms with van der Waals surface area (Å²) < 4.78 is 33.0. The summed E-state index contributed by atoms with van der Waals surface area (Å²) in [6.45, 7) is 3.80. The maximum Gasteiger partial charge on any atom is 0.251 e. The molecule has 1 saturated carbocycles. The molecule has 0 saturated heterocycles. The van der Waals surface area contributed by atoms with Crippen molar-refractivity contribution >= 4 is 27.5 Å². The molecule has 8 heteroatoms. The van der Waals surface area contributed by atoms with E-state index in [1.165, 1.54) is 18.2 Å². The summed E-state index contributed by atoms with van der Waals surface area (Å²) in [7, 11) is -2.19. The summed E-state index contributed by atoms with van der Waals surface area (Å²) in [5.74, 6) is 0.280. The van der Waals surface area contributed by atoms with E-state index in [0.29, 0.717) is 5.75 Å². The molecule has 3 rings (SSSR count). The molecule has 1 aliphatic carbocycles. The molecular weight excluding hydrogens is 400 g/mol. The van der Waals surface area contributed by atoms with Crippen molar-refractivity contribution in [1.82, 2.24) is 10.0 Å². The molecule has 2 N–H and O–H groups in total. The summed E-state index contributed by atoms with van der Waals surface area (Å²) in [4.78, 5) is 12.6. The highest BCUT2D eigenvalue weighted by molar-refractivity contribution is 7.89. The zero-order valence-corrected chi connectivity index (χ0v) is 17.5. The Balaban J connectivity index is 1.83. The van der Waals surface area contributed by atoms with E-state index in [2.05, 4.69) is 10.0 Å². The van der Waals surface area contributed by atoms with Gasteiger partial charge in [-0.1, -0.05) is 29.3 Å². The Morgan fingerprint density at radius 1 is 1.21 bits per heavy atom. The molecule has 150 valence electrons. The van der Waals surface area contributed by atoms with Crippen LogP contribution in [0, 0.1) is 6.92 Å². The number of aryl methyl sites for hydroxylation is 1. The second-order valence-corrected chi connectivity index (χ2v) is 9.07. The maximum atomic E-state index is 12.7. The smallest absolute Gasteiger partial charge is 0.251 e. The molecule has 2 aromatic carbocycles. The van der Waals surface area contributed by atoms with Crippen LogP contribution in [0.4, 0.5) is 0 Å². The second kappa shape index (κ2) is 8.11. The quantitative estimate of drug-likeness (QED) is 0.714. The summed E-state index contributed by atoms with van der Waals surface area (Å²) in [6.07, 6.45) is 1.62. The average molecular weight is 423 g/mol. The lowest BCUT2D eigenvalue weighted by atomic mass is 10.0. The van der Waals surface area contributed by atoms with E-state index in [0.717, 1.165) is 24.0 Å². The van der Waals surface area contributed by atoms with Crippen LogP contribution in [-0.4, -0.2) is 27.5 Å². The molecule has 1 aliphatic rings. The molecule has 0 aliphatic heterocycles. The minimum absolute atomic E-state index is 0.0487. The summed E-state index contributed by atoms with van der Waals surface area (Å²) in [5, 5.41) is 2.97. The first-order valence-electron chi connectivity index (χ1n) is 8.98. The van der Waals surface area contributed by atoms with Crippen molar-refractivity contribution in [2.24, 2.45) is 0 Å². The van der Waals surface area contributed by atoms with Gasteiger partial charge in [0.25, 0.3) is 5.91 Å². The Kier molecular flexibility index (Phi) is 5.98. The minimum Gasteiger partial charge on any atom is -0.496 e. The number of ether oxygens (including phenoxy) is 1. The number of halogens is 1. The molecule has 0 heterocycles. The number of hydrogen-bond acceptors (Lipinski definition) is 4. The average Bonchev–Trinajstić information content (AvgIpc) is 3.45. The van der Waals surface area contributed by atoms with E-state index in [9.17, 15) is 13.2 Å². The fourth-order valence-corrected chi connectivity index (χ4v) is 4.72. The van der Waals surface area contributed by atoms with Gasteiger partial charge in [-0.25, -0.2) is 13.1 Å². The van der Waals surface area contributed by atoms with E-state index in [1.54, 1.807) is 7.11 Å². The third-order valence-corrected chi connectivity index (χ3v) is 6.58. The first-order chi connectivity index (χ1) is 13.2. The Labute approximate surface area is 170 Å². The van der Waals surface area contributed by atoms with Gasteiger partial charge in [0.1, 0.15) is 10.6 Å². The SMILES string of the molecule is COc1ccc(C)cc1[C@H](C)NC(=O)c1ccc(Cl)c(S(=O)(=O)NC2CC2)c1. The monoisotopic (exact) mass is 422 g/mol. The van der Waals surface area contributed by atoms with E-state index in [1.807, 2.05) is 32.0 Å². The minimum atomic E-state index is -3.76. The highest BCUT2D eigenvalue weighted by Crippen LogP contribution is 2.28. The van der Waals surface area contributed by atoms with Crippen LogP contribution in [0.5, 0.6) is 5.75 Å². The van der Waals surface area contributed by atoms with Crippen LogP contribution in [0.2, 0.25) is 5.02 Å². The maximum absolute atomic E-state index is 12.7. The standard InChI is InChI=1S/C20H23ClN2O4S/c1-12-4-9-18(27-3)16(10-12)13(2)22-20(24)14-5-8-17(21)19(11-14)28(25,26)23-15-6-7-15/h4-5,8-11,13,15,23H,6-7H2,1-3H3,(H,22,24)/t13-/m0/s1. The van der Waals surface area contributed by atoms with Crippen LogP contribution in [0.15, 0.2) is 41.3 Å². The number of carbonyl (C=O) groups is 1. The molecule has 0 spiro atoms. The molecule has 1 fully saturated rings. The summed E-state index contributed by atoms with van der Waals surface area (Å²) in [6, 6.07) is 9.59. The van der Waals surface area contributed by atoms with E-state index >= 15 is 0 Å². The molecule has 0 bridgehead atoms. The predicted octanol–water partition coefficient (Wildman–Crippen LogP) is 3.59. The van der Waals surface area contributed by atoms with Crippen molar-refractivity contribution in [3.8, 4) is 5.75 Å². The van der Waals surface area contributed by atoms with Crippen LogP contribution in [-0.2, 0) is 10.0 Å². The van der Waals surface area contributed by atoms with Crippen LogP contribution in [0.3, 0.4) is 0 Å². The lowest BCUT2D eigenvalue weighted by Gasteiger charge is -2.18. The van der Waals surface area contributed by atoms with Crippen LogP contribution < -0.4 is 14.8 Å². The number of amides is 1. The van der Waals surface area contributed by atoms with Gasteiger partial charge in [0, 0.05) is 17.2 Å². The third-order valence-electron chi connectivity index (χ3n) is 4.58. The Morgan fingerprint density at radius 3 is 2.57 bits per heavy atom. The van der Waals surface area contributed by atoms with Gasteiger partial charge < -0.3 is 10.1 Å². The van der Waals surface area contributed by atoms with Crippen molar-refractivity contribution in [3.63, 3.8) is 0 Å². The topological polar surface area (TPSA) is 84.5 Å². The van der Waals surface area contributed by atoms with Crippen molar-refractivity contribution in [1.29, 1.82) is 0 Å². The molecule has 1 atom stereocenters. The molecular formula is C20H23ClN2O4S. The lowest BCUT2D eigenvalue weighted by Crippen LogP contribution is -2.28. The molecule has 0 radical (unpaired) electrons. The lowest BCUT2D eigenvalue weighted by molar-refractivity contribution is 0.0939. The number of sulfonamides is 1. The molecule has 0 aromatic heterocycles. The normalized spacial score (nSPS) is 15.1. The van der Waals surface area contributed by atoms with Gasteiger partial charge in [0.15, 0.2) is 0 Å². The van der Waals surface area contributed by atoms with E-state index in [4.69, 9.17) is 16.3 Å². The van der Waals surface area contributed by atoms with Gasteiger partial charge in [-0.05, 0) is 51.0 Å². The fraction of sp³-hybridized carbons (Fsp3) is 0.350. The molecule has 6 nitrogen and oxygen atoms in total. The number of hydrogen-bond donors (Lipinski definition) is 2. The Morgan fingerprint density at radius 2 is 1.93 bits per heavy atom. The highest BCUT2D eigenvalue weighted by atomic mass is 35.5. The second-order valence-electron chi connectivity index (χ2n) is 6.98. The van der Waals surface area contributed by atoms with Crippen LogP contribution in [0.1, 0.15) is 47.3 Å². The molecule has 0 unspecified atom stereocenters.